The Morgan fingerprint density at radius 2 is 2.08 bits per heavy atom. The molecule has 0 saturated carbocycles. The van der Waals surface area contributed by atoms with Gasteiger partial charge in [0.1, 0.15) is 23.1 Å². The lowest BCUT2D eigenvalue weighted by Gasteiger charge is -2.23. The smallest absolute Gasteiger partial charge is 0.246 e. The number of methoxy groups -OCH3 is 1. The first-order valence-electron chi connectivity index (χ1n) is 7.44. The Morgan fingerprint density at radius 1 is 1.38 bits per heavy atom. The van der Waals surface area contributed by atoms with Crippen molar-refractivity contribution < 1.29 is 22.3 Å². The average molecular weight is 383 g/mol. The third kappa shape index (κ3) is 4.58. The second-order valence-electron chi connectivity index (χ2n) is 6.04. The molecule has 6 nitrogen and oxygen atoms in total. The molecule has 1 heterocycles. The second-order valence-corrected chi connectivity index (χ2v) is 7.94. The molecule has 1 aromatic rings. The largest absolute Gasteiger partial charge is 0.490 e. The molecule has 2 rings (SSSR count). The van der Waals surface area contributed by atoms with Gasteiger partial charge >= 0.3 is 0 Å². The minimum absolute atomic E-state index is 0. The van der Waals surface area contributed by atoms with Crippen LogP contribution in [-0.4, -0.2) is 52.7 Å². The van der Waals surface area contributed by atoms with Crippen molar-refractivity contribution >= 4 is 22.4 Å². The van der Waals surface area contributed by atoms with E-state index >= 15 is 0 Å². The number of nitrogens with two attached hydrogens (primary N) is 1. The third-order valence-electron chi connectivity index (χ3n) is 4.08. The van der Waals surface area contributed by atoms with Gasteiger partial charge in [0.25, 0.3) is 0 Å². The van der Waals surface area contributed by atoms with Crippen molar-refractivity contribution in [1.29, 1.82) is 0 Å². The number of sulfonamides is 1. The van der Waals surface area contributed by atoms with Gasteiger partial charge in [0.05, 0.1) is 6.61 Å². The van der Waals surface area contributed by atoms with Gasteiger partial charge in [-0.15, -0.1) is 12.4 Å². The van der Waals surface area contributed by atoms with E-state index in [1.54, 1.807) is 0 Å². The molecule has 138 valence electrons. The molecule has 0 aliphatic carbocycles. The van der Waals surface area contributed by atoms with Crippen LogP contribution in [0.5, 0.6) is 5.75 Å². The van der Waals surface area contributed by atoms with Crippen LogP contribution in [0, 0.1) is 11.2 Å². The van der Waals surface area contributed by atoms with Crippen LogP contribution in [0.2, 0.25) is 0 Å². The molecule has 0 amide bonds. The van der Waals surface area contributed by atoms with Gasteiger partial charge in [0.15, 0.2) is 0 Å². The van der Waals surface area contributed by atoms with Crippen LogP contribution in [0.3, 0.4) is 0 Å². The monoisotopic (exact) mass is 382 g/mol. The van der Waals surface area contributed by atoms with Gasteiger partial charge in [-0.2, -0.15) is 4.31 Å². The molecular weight excluding hydrogens is 359 g/mol. The van der Waals surface area contributed by atoms with Crippen LogP contribution in [0.15, 0.2) is 23.1 Å². The Balaban J connectivity index is 0.00000288. The van der Waals surface area contributed by atoms with E-state index in [9.17, 15) is 12.8 Å². The predicted molar refractivity (Wildman–Crippen MR) is 91.6 cm³/mol. The molecule has 0 bridgehead atoms. The first-order chi connectivity index (χ1) is 10.8. The number of hydrogen-bond donors (Lipinski definition) is 1. The highest BCUT2D eigenvalue weighted by molar-refractivity contribution is 7.89. The highest BCUT2D eigenvalue weighted by Crippen LogP contribution is 2.35. The lowest BCUT2D eigenvalue weighted by molar-refractivity contribution is 0.144. The molecule has 1 aliphatic rings. The zero-order valence-corrected chi connectivity index (χ0v) is 15.5. The van der Waals surface area contributed by atoms with Gasteiger partial charge in [0.2, 0.25) is 10.0 Å². The van der Waals surface area contributed by atoms with Crippen LogP contribution in [-0.2, 0) is 14.8 Å². The van der Waals surface area contributed by atoms with Crippen LogP contribution in [0.1, 0.15) is 13.3 Å². The molecule has 1 aromatic carbocycles. The summed E-state index contributed by atoms with van der Waals surface area (Å²) in [5.41, 5.74) is 5.47. The third-order valence-corrected chi connectivity index (χ3v) is 5.95. The quantitative estimate of drug-likeness (QED) is 0.725. The van der Waals surface area contributed by atoms with E-state index in [2.05, 4.69) is 0 Å². The molecule has 0 spiro atoms. The van der Waals surface area contributed by atoms with Gasteiger partial charge < -0.3 is 15.2 Å². The van der Waals surface area contributed by atoms with Crippen LogP contribution >= 0.6 is 12.4 Å². The number of benzene rings is 1. The van der Waals surface area contributed by atoms with Gasteiger partial charge in [-0.05, 0) is 36.6 Å². The molecule has 1 aliphatic heterocycles. The summed E-state index contributed by atoms with van der Waals surface area (Å²) in [4.78, 5) is -0.158. The highest BCUT2D eigenvalue weighted by atomic mass is 35.5. The van der Waals surface area contributed by atoms with Crippen molar-refractivity contribution in [2.24, 2.45) is 11.1 Å². The summed E-state index contributed by atoms with van der Waals surface area (Å²) in [6, 6.07) is 3.50. The molecule has 1 unspecified atom stereocenters. The summed E-state index contributed by atoms with van der Waals surface area (Å²) < 4.78 is 51.0. The van der Waals surface area contributed by atoms with E-state index in [0.717, 1.165) is 6.07 Å². The predicted octanol–water partition coefficient (Wildman–Crippen LogP) is 1.63. The number of halogens is 2. The SMILES string of the molecule is COCCOc1ccc(F)cc1S(=O)(=O)N1CCC(C)(CN)C1.Cl. The molecular formula is C15H24ClFN2O4S. The average Bonchev–Trinajstić information content (AvgIpc) is 2.93. The van der Waals surface area contributed by atoms with Crippen molar-refractivity contribution in [1.82, 2.24) is 4.31 Å². The van der Waals surface area contributed by atoms with Crippen molar-refractivity contribution in [2.75, 3.05) is 40.0 Å². The maximum atomic E-state index is 13.6. The standard InChI is InChI=1S/C15H23FN2O4S.ClH/c1-15(10-17)5-6-18(11-15)23(19,20)14-9-12(16)3-4-13(14)22-8-7-21-2;/h3-4,9H,5-8,10-11,17H2,1-2H3;1H. The van der Waals surface area contributed by atoms with Crippen molar-refractivity contribution in [3.63, 3.8) is 0 Å². The number of rotatable bonds is 7. The van der Waals surface area contributed by atoms with E-state index in [1.807, 2.05) is 6.92 Å². The lowest BCUT2D eigenvalue weighted by atomic mass is 9.90. The summed E-state index contributed by atoms with van der Waals surface area (Å²) in [5, 5.41) is 0. The Morgan fingerprint density at radius 3 is 2.67 bits per heavy atom. The van der Waals surface area contributed by atoms with Crippen LogP contribution in [0.25, 0.3) is 0 Å². The van der Waals surface area contributed by atoms with Crippen molar-refractivity contribution in [3.8, 4) is 5.75 Å². The topological polar surface area (TPSA) is 81.9 Å². The summed E-state index contributed by atoms with van der Waals surface area (Å²) >= 11 is 0. The summed E-state index contributed by atoms with van der Waals surface area (Å²) in [7, 11) is -2.32. The Hall–Kier alpha value is -0.930. The fraction of sp³-hybridized carbons (Fsp3) is 0.600. The molecule has 1 atom stereocenters. The maximum absolute atomic E-state index is 13.6. The van der Waals surface area contributed by atoms with E-state index in [1.165, 1.54) is 23.5 Å². The first kappa shape index (κ1) is 21.1. The summed E-state index contributed by atoms with van der Waals surface area (Å²) in [6.45, 7) is 3.53. The van der Waals surface area contributed by atoms with E-state index in [0.29, 0.717) is 32.7 Å². The minimum atomic E-state index is -3.84. The first-order valence-corrected chi connectivity index (χ1v) is 8.88. The van der Waals surface area contributed by atoms with E-state index in [4.69, 9.17) is 15.2 Å². The van der Waals surface area contributed by atoms with Crippen molar-refractivity contribution in [2.45, 2.75) is 18.2 Å². The molecule has 1 saturated heterocycles. The molecule has 0 aromatic heterocycles. The highest BCUT2D eigenvalue weighted by Gasteiger charge is 2.40. The molecule has 0 radical (unpaired) electrons. The second kappa shape index (κ2) is 8.44. The van der Waals surface area contributed by atoms with Crippen molar-refractivity contribution in [3.05, 3.63) is 24.0 Å². The Bertz CT molecular complexity index is 659. The Kier molecular flexibility index (Phi) is 7.43. The zero-order chi connectivity index (χ0) is 17.1. The minimum Gasteiger partial charge on any atom is -0.490 e. The van der Waals surface area contributed by atoms with Crippen LogP contribution in [0.4, 0.5) is 4.39 Å². The molecule has 2 N–H and O–H groups in total. The van der Waals surface area contributed by atoms with Gasteiger partial charge in [0, 0.05) is 20.2 Å². The Labute approximate surface area is 148 Å². The number of hydrogen-bond acceptors (Lipinski definition) is 5. The lowest BCUT2D eigenvalue weighted by Crippen LogP contribution is -2.34. The molecule has 1 fully saturated rings. The molecule has 9 heteroatoms. The maximum Gasteiger partial charge on any atom is 0.246 e. The van der Waals surface area contributed by atoms with E-state index in [-0.39, 0.29) is 35.1 Å². The zero-order valence-electron chi connectivity index (χ0n) is 13.8. The van der Waals surface area contributed by atoms with Crippen LogP contribution < -0.4 is 10.5 Å². The fourth-order valence-electron chi connectivity index (χ4n) is 2.53. The number of nitrogens with zero attached hydrogens (tertiary/aromatic N) is 1. The summed E-state index contributed by atoms with van der Waals surface area (Å²) in [5.74, 6) is -0.492. The fourth-order valence-corrected chi connectivity index (χ4v) is 4.26. The van der Waals surface area contributed by atoms with Gasteiger partial charge in [-0.25, -0.2) is 12.8 Å². The normalized spacial score (nSPS) is 21.5. The van der Waals surface area contributed by atoms with Gasteiger partial charge in [-0.1, -0.05) is 6.92 Å². The van der Waals surface area contributed by atoms with Gasteiger partial charge in [-0.3, -0.25) is 0 Å². The number of ether oxygens (including phenoxy) is 2. The summed E-state index contributed by atoms with van der Waals surface area (Å²) in [6.07, 6.45) is 0.678. The van der Waals surface area contributed by atoms with E-state index < -0.39 is 15.8 Å². The molecule has 24 heavy (non-hydrogen) atoms.